The van der Waals surface area contributed by atoms with Gasteiger partial charge in [-0.2, -0.15) is 0 Å². The summed E-state index contributed by atoms with van der Waals surface area (Å²) in [5.74, 6) is 0.111. The second-order valence-electron chi connectivity index (χ2n) is 7.58. The molecule has 0 aliphatic carbocycles. The van der Waals surface area contributed by atoms with E-state index in [1.54, 1.807) is 0 Å². The third-order valence-corrected chi connectivity index (χ3v) is 5.75. The summed E-state index contributed by atoms with van der Waals surface area (Å²) in [4.78, 5) is 22.4. The number of para-hydroxylation sites is 1. The summed E-state index contributed by atoms with van der Waals surface area (Å²) in [5, 5.41) is 3.97. The number of carbonyl (C=O) groups is 1. The first kappa shape index (κ1) is 18.1. The number of carbonyl (C=O) groups excluding carboxylic acids is 1. The number of fused-ring (bicyclic) bond motifs is 1. The second kappa shape index (κ2) is 7.50. The Labute approximate surface area is 169 Å². The predicted octanol–water partition coefficient (Wildman–Crippen LogP) is 3.09. The number of piperidine rings is 1. The molecule has 4 heterocycles. The molecule has 1 amide bonds. The lowest BCUT2D eigenvalue weighted by Gasteiger charge is -2.38. The van der Waals surface area contributed by atoms with Crippen LogP contribution in [-0.4, -0.2) is 48.0 Å². The molecule has 2 aliphatic rings. The van der Waals surface area contributed by atoms with Crippen molar-refractivity contribution in [2.75, 3.05) is 36.5 Å². The SMILES string of the molecule is O=C(Cc1c[nH]c2ccccc12)Nc1ccc(N2CCC3(CC2)OCCO3)cn1. The van der Waals surface area contributed by atoms with E-state index in [0.29, 0.717) is 25.5 Å². The van der Waals surface area contributed by atoms with Crippen LogP contribution in [0.3, 0.4) is 0 Å². The Kier molecular flexibility index (Phi) is 4.69. The highest BCUT2D eigenvalue weighted by molar-refractivity contribution is 5.95. The first-order chi connectivity index (χ1) is 14.2. The molecule has 150 valence electrons. The number of anilines is 2. The average Bonchev–Trinajstić information content (AvgIpc) is 3.37. The van der Waals surface area contributed by atoms with Crippen LogP contribution in [0.4, 0.5) is 11.5 Å². The van der Waals surface area contributed by atoms with E-state index in [1.807, 2.05) is 48.8 Å². The second-order valence-corrected chi connectivity index (χ2v) is 7.58. The van der Waals surface area contributed by atoms with E-state index in [0.717, 1.165) is 48.1 Å². The highest BCUT2D eigenvalue weighted by atomic mass is 16.7. The molecule has 3 aromatic rings. The molecule has 1 aromatic carbocycles. The fourth-order valence-corrected chi connectivity index (χ4v) is 4.18. The number of nitrogens with one attached hydrogen (secondary N) is 2. The van der Waals surface area contributed by atoms with Crippen molar-refractivity contribution in [3.8, 4) is 0 Å². The standard InChI is InChI=1S/C22H24N4O3/c27-21(13-16-14-23-19-4-2-1-3-18(16)19)25-20-6-5-17(15-24-20)26-9-7-22(8-10-26)28-11-12-29-22/h1-6,14-15,23H,7-13H2,(H,24,25,27). The van der Waals surface area contributed by atoms with Gasteiger partial charge in [-0.3, -0.25) is 4.79 Å². The lowest BCUT2D eigenvalue weighted by atomic mass is 10.0. The normalized spacial score (nSPS) is 18.4. The third kappa shape index (κ3) is 3.71. The molecule has 0 atom stereocenters. The van der Waals surface area contributed by atoms with Crippen LogP contribution in [0.2, 0.25) is 0 Å². The number of hydrogen-bond donors (Lipinski definition) is 2. The van der Waals surface area contributed by atoms with Crippen LogP contribution in [0.15, 0.2) is 48.8 Å². The van der Waals surface area contributed by atoms with Crippen LogP contribution in [0.5, 0.6) is 0 Å². The molecule has 2 fully saturated rings. The zero-order valence-corrected chi connectivity index (χ0v) is 16.2. The topological polar surface area (TPSA) is 79.5 Å². The number of H-pyrrole nitrogens is 1. The Balaban J connectivity index is 1.19. The van der Waals surface area contributed by atoms with Gasteiger partial charge in [-0.25, -0.2) is 4.98 Å². The number of aromatic amines is 1. The number of pyridine rings is 1. The van der Waals surface area contributed by atoms with Crippen LogP contribution in [0, 0.1) is 0 Å². The molecule has 0 bridgehead atoms. The predicted molar refractivity (Wildman–Crippen MR) is 111 cm³/mol. The minimum Gasteiger partial charge on any atom is -0.370 e. The molecule has 0 saturated carbocycles. The van der Waals surface area contributed by atoms with Gasteiger partial charge in [0.05, 0.1) is 31.5 Å². The number of nitrogens with zero attached hydrogens (tertiary/aromatic N) is 2. The van der Waals surface area contributed by atoms with E-state index >= 15 is 0 Å². The molecule has 2 saturated heterocycles. The van der Waals surface area contributed by atoms with Gasteiger partial charge >= 0.3 is 0 Å². The molecule has 0 radical (unpaired) electrons. The average molecular weight is 392 g/mol. The zero-order chi connectivity index (χ0) is 19.7. The molecule has 7 nitrogen and oxygen atoms in total. The first-order valence-electron chi connectivity index (χ1n) is 10.0. The third-order valence-electron chi connectivity index (χ3n) is 5.75. The van der Waals surface area contributed by atoms with Crippen molar-refractivity contribution in [2.45, 2.75) is 25.0 Å². The van der Waals surface area contributed by atoms with Crippen LogP contribution in [-0.2, 0) is 20.7 Å². The number of benzene rings is 1. The van der Waals surface area contributed by atoms with Crippen molar-refractivity contribution in [3.05, 3.63) is 54.4 Å². The van der Waals surface area contributed by atoms with Gasteiger partial charge < -0.3 is 24.7 Å². The van der Waals surface area contributed by atoms with Gasteiger partial charge in [-0.15, -0.1) is 0 Å². The van der Waals surface area contributed by atoms with Crippen LogP contribution in [0.25, 0.3) is 10.9 Å². The Morgan fingerprint density at radius 1 is 1.14 bits per heavy atom. The number of amides is 1. The van der Waals surface area contributed by atoms with Gasteiger partial charge in [-0.05, 0) is 23.8 Å². The number of hydrogen-bond acceptors (Lipinski definition) is 5. The Hall–Kier alpha value is -2.90. The van der Waals surface area contributed by atoms with Crippen molar-refractivity contribution in [3.63, 3.8) is 0 Å². The van der Waals surface area contributed by atoms with Gasteiger partial charge in [-0.1, -0.05) is 18.2 Å². The Morgan fingerprint density at radius 2 is 1.93 bits per heavy atom. The van der Waals surface area contributed by atoms with Gasteiger partial charge in [0.1, 0.15) is 5.82 Å². The van der Waals surface area contributed by atoms with Crippen LogP contribution >= 0.6 is 0 Å². The lowest BCUT2D eigenvalue weighted by Crippen LogP contribution is -2.45. The minimum atomic E-state index is -0.375. The largest absolute Gasteiger partial charge is 0.370 e. The highest BCUT2D eigenvalue weighted by Gasteiger charge is 2.39. The van der Waals surface area contributed by atoms with E-state index in [2.05, 4.69) is 20.2 Å². The fourth-order valence-electron chi connectivity index (χ4n) is 4.18. The van der Waals surface area contributed by atoms with E-state index in [-0.39, 0.29) is 11.7 Å². The molecule has 2 aromatic heterocycles. The maximum Gasteiger partial charge on any atom is 0.230 e. The number of aromatic nitrogens is 2. The Bertz CT molecular complexity index is 998. The van der Waals surface area contributed by atoms with Crippen molar-refractivity contribution in [1.29, 1.82) is 0 Å². The summed E-state index contributed by atoms with van der Waals surface area (Å²) in [6.07, 6.45) is 5.73. The van der Waals surface area contributed by atoms with Crippen LogP contribution in [0.1, 0.15) is 18.4 Å². The Morgan fingerprint density at radius 3 is 2.69 bits per heavy atom. The summed E-state index contributed by atoms with van der Waals surface area (Å²) >= 11 is 0. The van der Waals surface area contributed by atoms with Gasteiger partial charge in [0.25, 0.3) is 0 Å². The molecular weight excluding hydrogens is 368 g/mol. The maximum atomic E-state index is 12.5. The van der Waals surface area contributed by atoms with Crippen molar-refractivity contribution >= 4 is 28.3 Å². The number of rotatable bonds is 4. The molecule has 0 unspecified atom stereocenters. The van der Waals surface area contributed by atoms with Gasteiger partial charge in [0.15, 0.2) is 5.79 Å². The molecule has 29 heavy (non-hydrogen) atoms. The minimum absolute atomic E-state index is 0.0783. The highest BCUT2D eigenvalue weighted by Crippen LogP contribution is 2.33. The zero-order valence-electron chi connectivity index (χ0n) is 16.2. The van der Waals surface area contributed by atoms with Crippen LogP contribution < -0.4 is 10.2 Å². The van der Waals surface area contributed by atoms with E-state index < -0.39 is 0 Å². The monoisotopic (exact) mass is 392 g/mol. The molecule has 5 rings (SSSR count). The smallest absolute Gasteiger partial charge is 0.230 e. The molecular formula is C22H24N4O3. The summed E-state index contributed by atoms with van der Waals surface area (Å²) in [6, 6.07) is 11.8. The van der Waals surface area contributed by atoms with E-state index in [1.165, 1.54) is 0 Å². The lowest BCUT2D eigenvalue weighted by molar-refractivity contribution is -0.169. The molecule has 7 heteroatoms. The molecule has 1 spiro atoms. The number of ether oxygens (including phenoxy) is 2. The van der Waals surface area contributed by atoms with Crippen molar-refractivity contribution in [1.82, 2.24) is 9.97 Å². The summed E-state index contributed by atoms with van der Waals surface area (Å²) in [6.45, 7) is 3.12. The molecule has 2 N–H and O–H groups in total. The van der Waals surface area contributed by atoms with E-state index in [9.17, 15) is 4.79 Å². The summed E-state index contributed by atoms with van der Waals surface area (Å²) in [5.41, 5.74) is 3.07. The maximum absolute atomic E-state index is 12.5. The molecule has 2 aliphatic heterocycles. The first-order valence-corrected chi connectivity index (χ1v) is 10.0. The summed E-state index contributed by atoms with van der Waals surface area (Å²) < 4.78 is 11.6. The quantitative estimate of drug-likeness (QED) is 0.713. The fraction of sp³-hybridized carbons (Fsp3) is 0.364. The summed E-state index contributed by atoms with van der Waals surface area (Å²) in [7, 11) is 0. The van der Waals surface area contributed by atoms with Gasteiger partial charge in [0.2, 0.25) is 5.91 Å². The van der Waals surface area contributed by atoms with E-state index in [4.69, 9.17) is 9.47 Å². The van der Waals surface area contributed by atoms with Gasteiger partial charge in [0, 0.05) is 43.0 Å². The van der Waals surface area contributed by atoms with Crippen molar-refractivity contribution < 1.29 is 14.3 Å². The van der Waals surface area contributed by atoms with Crippen molar-refractivity contribution in [2.24, 2.45) is 0 Å².